The molecule has 0 amide bonds. The van der Waals surface area contributed by atoms with Gasteiger partial charge in [0.2, 0.25) is 0 Å². The lowest BCUT2D eigenvalue weighted by Gasteiger charge is -2.15. The Balaban J connectivity index is 2.15. The van der Waals surface area contributed by atoms with E-state index < -0.39 is 0 Å². The molecule has 1 atom stereocenters. The van der Waals surface area contributed by atoms with E-state index in [0.717, 1.165) is 16.9 Å². The molecule has 4 heteroatoms. The monoisotopic (exact) mass is 236 g/mol. The first-order valence-electron chi connectivity index (χ1n) is 5.08. The van der Waals surface area contributed by atoms with Gasteiger partial charge in [0.25, 0.3) is 0 Å². The molecular weight excluding hydrogens is 224 g/mol. The third-order valence-electron chi connectivity index (χ3n) is 2.47. The molecule has 0 saturated carbocycles. The summed E-state index contributed by atoms with van der Waals surface area (Å²) in [5, 5.41) is 3.87. The second kappa shape index (κ2) is 4.58. The van der Waals surface area contributed by atoms with E-state index in [-0.39, 0.29) is 6.04 Å². The minimum absolute atomic E-state index is 0.181. The SMILES string of the molecule is Cc1nc(Cl)ccc1NC(C)c1ccoc1. The second-order valence-electron chi connectivity index (χ2n) is 3.69. The fourth-order valence-corrected chi connectivity index (χ4v) is 1.71. The molecule has 0 aliphatic carbocycles. The summed E-state index contributed by atoms with van der Waals surface area (Å²) in [6.45, 7) is 4.00. The maximum Gasteiger partial charge on any atom is 0.129 e. The van der Waals surface area contributed by atoms with Crippen molar-refractivity contribution >= 4 is 17.3 Å². The van der Waals surface area contributed by atoms with Crippen LogP contribution < -0.4 is 5.32 Å². The molecule has 0 spiro atoms. The van der Waals surface area contributed by atoms with Crippen molar-refractivity contribution in [2.75, 3.05) is 5.32 Å². The minimum Gasteiger partial charge on any atom is -0.472 e. The number of aromatic nitrogens is 1. The van der Waals surface area contributed by atoms with E-state index in [1.165, 1.54) is 0 Å². The fourth-order valence-electron chi connectivity index (χ4n) is 1.52. The topological polar surface area (TPSA) is 38.1 Å². The summed E-state index contributed by atoms with van der Waals surface area (Å²) in [4.78, 5) is 4.19. The molecule has 0 aromatic carbocycles. The lowest BCUT2D eigenvalue weighted by molar-refractivity contribution is 0.562. The summed E-state index contributed by atoms with van der Waals surface area (Å²) >= 11 is 5.80. The van der Waals surface area contributed by atoms with Crippen molar-refractivity contribution in [2.45, 2.75) is 19.9 Å². The van der Waals surface area contributed by atoms with E-state index in [1.807, 2.05) is 19.1 Å². The zero-order chi connectivity index (χ0) is 11.5. The molecule has 0 aliphatic heterocycles. The van der Waals surface area contributed by atoms with E-state index in [4.69, 9.17) is 16.0 Å². The second-order valence-corrected chi connectivity index (χ2v) is 4.08. The third kappa shape index (κ3) is 2.36. The average molecular weight is 237 g/mol. The Bertz CT molecular complexity index is 468. The highest BCUT2D eigenvalue weighted by atomic mass is 35.5. The maximum atomic E-state index is 5.80. The van der Waals surface area contributed by atoms with Gasteiger partial charge >= 0.3 is 0 Å². The molecule has 2 aromatic heterocycles. The number of hydrogen-bond acceptors (Lipinski definition) is 3. The Kier molecular flexibility index (Phi) is 3.15. The van der Waals surface area contributed by atoms with Gasteiger partial charge in [-0.3, -0.25) is 0 Å². The summed E-state index contributed by atoms with van der Waals surface area (Å²) < 4.78 is 5.05. The summed E-state index contributed by atoms with van der Waals surface area (Å²) in [6.07, 6.45) is 3.40. The van der Waals surface area contributed by atoms with E-state index >= 15 is 0 Å². The van der Waals surface area contributed by atoms with Crippen LogP contribution in [0, 0.1) is 6.92 Å². The van der Waals surface area contributed by atoms with Crippen LogP contribution in [0.25, 0.3) is 0 Å². The Morgan fingerprint density at radius 1 is 1.38 bits per heavy atom. The number of nitrogens with zero attached hydrogens (tertiary/aromatic N) is 1. The molecule has 2 heterocycles. The van der Waals surface area contributed by atoms with Gasteiger partial charge in [-0.15, -0.1) is 0 Å². The highest BCUT2D eigenvalue weighted by Crippen LogP contribution is 2.22. The standard InChI is InChI=1S/C12H13ClN2O/c1-8(10-5-6-16-7-10)14-11-3-4-12(13)15-9(11)2/h3-8,14H,1-2H3. The van der Waals surface area contributed by atoms with Crippen LogP contribution in [-0.2, 0) is 0 Å². The van der Waals surface area contributed by atoms with E-state index in [0.29, 0.717) is 5.15 Å². The van der Waals surface area contributed by atoms with Crippen LogP contribution in [-0.4, -0.2) is 4.98 Å². The molecule has 84 valence electrons. The number of pyridine rings is 1. The Morgan fingerprint density at radius 3 is 2.81 bits per heavy atom. The zero-order valence-electron chi connectivity index (χ0n) is 9.20. The highest BCUT2D eigenvalue weighted by Gasteiger charge is 2.08. The largest absolute Gasteiger partial charge is 0.472 e. The van der Waals surface area contributed by atoms with Crippen LogP contribution in [0.3, 0.4) is 0 Å². The zero-order valence-corrected chi connectivity index (χ0v) is 9.95. The molecule has 0 fully saturated rings. The number of anilines is 1. The number of rotatable bonds is 3. The minimum atomic E-state index is 0.181. The first kappa shape index (κ1) is 11.0. The smallest absolute Gasteiger partial charge is 0.129 e. The van der Waals surface area contributed by atoms with Gasteiger partial charge in [0.1, 0.15) is 5.15 Å². The van der Waals surface area contributed by atoms with Crippen molar-refractivity contribution in [1.29, 1.82) is 0 Å². The molecular formula is C12H13ClN2O. The summed E-state index contributed by atoms with van der Waals surface area (Å²) in [5.41, 5.74) is 2.98. The molecule has 16 heavy (non-hydrogen) atoms. The molecule has 0 saturated heterocycles. The van der Waals surface area contributed by atoms with Crippen molar-refractivity contribution in [2.24, 2.45) is 0 Å². The molecule has 2 rings (SSSR count). The summed E-state index contributed by atoms with van der Waals surface area (Å²) in [5.74, 6) is 0. The van der Waals surface area contributed by atoms with Crippen LogP contribution in [0.5, 0.6) is 0 Å². The van der Waals surface area contributed by atoms with Gasteiger partial charge in [-0.2, -0.15) is 0 Å². The maximum absolute atomic E-state index is 5.80. The van der Waals surface area contributed by atoms with Crippen molar-refractivity contribution < 1.29 is 4.42 Å². The van der Waals surface area contributed by atoms with Crippen molar-refractivity contribution in [3.8, 4) is 0 Å². The van der Waals surface area contributed by atoms with E-state index in [9.17, 15) is 0 Å². The predicted octanol–water partition coefficient (Wildman–Crippen LogP) is 3.81. The van der Waals surface area contributed by atoms with E-state index in [1.54, 1.807) is 18.6 Å². The van der Waals surface area contributed by atoms with Gasteiger partial charge in [0.15, 0.2) is 0 Å². The molecule has 1 N–H and O–H groups in total. The number of hydrogen-bond donors (Lipinski definition) is 1. The Morgan fingerprint density at radius 2 is 2.19 bits per heavy atom. The quantitative estimate of drug-likeness (QED) is 0.824. The average Bonchev–Trinajstić information content (AvgIpc) is 2.75. The molecule has 0 bridgehead atoms. The predicted molar refractivity (Wildman–Crippen MR) is 64.7 cm³/mol. The van der Waals surface area contributed by atoms with Crippen molar-refractivity contribution in [3.05, 3.63) is 47.1 Å². The third-order valence-corrected chi connectivity index (χ3v) is 2.68. The van der Waals surface area contributed by atoms with Crippen LogP contribution in [0.2, 0.25) is 5.15 Å². The van der Waals surface area contributed by atoms with Crippen molar-refractivity contribution in [1.82, 2.24) is 4.98 Å². The summed E-state index contributed by atoms with van der Waals surface area (Å²) in [6, 6.07) is 5.83. The van der Waals surface area contributed by atoms with Crippen LogP contribution in [0.15, 0.2) is 35.1 Å². The number of nitrogens with one attached hydrogen (secondary N) is 1. The van der Waals surface area contributed by atoms with Crippen LogP contribution >= 0.6 is 11.6 Å². The van der Waals surface area contributed by atoms with Gasteiger partial charge in [0.05, 0.1) is 29.9 Å². The van der Waals surface area contributed by atoms with Gasteiger partial charge in [-0.1, -0.05) is 11.6 Å². The van der Waals surface area contributed by atoms with E-state index in [2.05, 4.69) is 17.2 Å². The Hall–Kier alpha value is -1.48. The number of furan rings is 1. The van der Waals surface area contributed by atoms with Crippen LogP contribution in [0.4, 0.5) is 5.69 Å². The molecule has 0 radical (unpaired) electrons. The molecule has 2 aromatic rings. The van der Waals surface area contributed by atoms with Gasteiger partial charge < -0.3 is 9.73 Å². The first-order chi connectivity index (χ1) is 7.66. The van der Waals surface area contributed by atoms with Crippen LogP contribution in [0.1, 0.15) is 24.2 Å². The lowest BCUT2D eigenvalue weighted by Crippen LogP contribution is -2.07. The van der Waals surface area contributed by atoms with Gasteiger partial charge in [-0.25, -0.2) is 4.98 Å². The highest BCUT2D eigenvalue weighted by molar-refractivity contribution is 6.29. The molecule has 0 aliphatic rings. The number of aryl methyl sites for hydroxylation is 1. The summed E-state index contributed by atoms with van der Waals surface area (Å²) in [7, 11) is 0. The van der Waals surface area contributed by atoms with Crippen molar-refractivity contribution in [3.63, 3.8) is 0 Å². The molecule has 3 nitrogen and oxygen atoms in total. The number of halogens is 1. The lowest BCUT2D eigenvalue weighted by atomic mass is 10.1. The Labute approximate surface area is 99.5 Å². The fraction of sp³-hybridized carbons (Fsp3) is 0.250. The normalized spacial score (nSPS) is 12.4. The van der Waals surface area contributed by atoms with Gasteiger partial charge in [-0.05, 0) is 32.0 Å². The van der Waals surface area contributed by atoms with Gasteiger partial charge in [0, 0.05) is 5.56 Å². The molecule has 1 unspecified atom stereocenters. The first-order valence-corrected chi connectivity index (χ1v) is 5.46.